The molecule has 0 aliphatic heterocycles. The number of urea groups is 1. The van der Waals surface area contributed by atoms with Gasteiger partial charge in [-0.2, -0.15) is 0 Å². The molecule has 6 nitrogen and oxygen atoms in total. The van der Waals surface area contributed by atoms with Gasteiger partial charge >= 0.3 is 6.03 Å². The molecule has 1 aromatic carbocycles. The summed E-state index contributed by atoms with van der Waals surface area (Å²) in [6.07, 6.45) is 2.60. The van der Waals surface area contributed by atoms with Gasteiger partial charge in [0.25, 0.3) is 0 Å². The van der Waals surface area contributed by atoms with E-state index >= 15 is 0 Å². The normalized spacial score (nSPS) is 17.8. The van der Waals surface area contributed by atoms with E-state index in [1.54, 1.807) is 25.1 Å². The number of amides is 2. The molecule has 0 radical (unpaired) electrons. The SMILES string of the molecule is CC(CO)NC(=O)Nc1cccc(C(=N)C2=C(N)CC(C)(C)CC2)c1. The van der Waals surface area contributed by atoms with Crippen molar-refractivity contribution in [3.8, 4) is 0 Å². The quantitative estimate of drug-likeness (QED) is 0.529. The highest BCUT2D eigenvalue weighted by molar-refractivity contribution is 6.11. The molecular formula is C19H28N4O2. The minimum Gasteiger partial charge on any atom is -0.402 e. The Kier molecular flexibility index (Phi) is 5.85. The summed E-state index contributed by atoms with van der Waals surface area (Å²) in [5, 5.41) is 22.8. The van der Waals surface area contributed by atoms with Crippen LogP contribution in [-0.4, -0.2) is 29.5 Å². The number of hydrogen-bond acceptors (Lipinski definition) is 4. The Labute approximate surface area is 149 Å². The molecule has 0 aromatic heterocycles. The number of aliphatic hydroxyl groups is 1. The summed E-state index contributed by atoms with van der Waals surface area (Å²) in [6, 6.07) is 6.48. The monoisotopic (exact) mass is 344 g/mol. The lowest BCUT2D eigenvalue weighted by Crippen LogP contribution is -2.38. The molecule has 0 fully saturated rings. The van der Waals surface area contributed by atoms with E-state index in [2.05, 4.69) is 24.5 Å². The summed E-state index contributed by atoms with van der Waals surface area (Å²) in [5.41, 5.74) is 9.82. The highest BCUT2D eigenvalue weighted by Gasteiger charge is 2.27. The highest BCUT2D eigenvalue weighted by atomic mass is 16.3. The molecule has 136 valence electrons. The lowest BCUT2D eigenvalue weighted by atomic mass is 9.75. The van der Waals surface area contributed by atoms with E-state index in [4.69, 9.17) is 16.2 Å². The maximum atomic E-state index is 11.9. The van der Waals surface area contributed by atoms with Crippen molar-refractivity contribution in [2.24, 2.45) is 11.1 Å². The second kappa shape index (κ2) is 7.70. The van der Waals surface area contributed by atoms with E-state index < -0.39 is 0 Å². The number of nitrogens with two attached hydrogens (primary N) is 1. The first-order valence-electron chi connectivity index (χ1n) is 8.57. The summed E-state index contributed by atoms with van der Waals surface area (Å²) < 4.78 is 0. The van der Waals surface area contributed by atoms with Crippen molar-refractivity contribution in [2.75, 3.05) is 11.9 Å². The molecule has 0 saturated carbocycles. The Balaban J connectivity index is 2.13. The Morgan fingerprint density at radius 3 is 2.80 bits per heavy atom. The van der Waals surface area contributed by atoms with Crippen LogP contribution in [-0.2, 0) is 0 Å². The summed E-state index contributed by atoms with van der Waals surface area (Å²) in [6.45, 7) is 5.97. The van der Waals surface area contributed by atoms with Crippen LogP contribution < -0.4 is 16.4 Å². The van der Waals surface area contributed by atoms with Gasteiger partial charge in [0.1, 0.15) is 0 Å². The van der Waals surface area contributed by atoms with Gasteiger partial charge in [0.05, 0.1) is 18.4 Å². The minimum absolute atomic E-state index is 0.123. The van der Waals surface area contributed by atoms with Gasteiger partial charge in [0, 0.05) is 16.9 Å². The van der Waals surface area contributed by atoms with Gasteiger partial charge in [-0.05, 0) is 49.3 Å². The van der Waals surface area contributed by atoms with Gasteiger partial charge in [0.2, 0.25) is 0 Å². The van der Waals surface area contributed by atoms with E-state index in [1.807, 2.05) is 6.07 Å². The number of rotatable bonds is 5. The van der Waals surface area contributed by atoms with Crippen molar-refractivity contribution in [1.82, 2.24) is 5.32 Å². The number of allylic oxidation sites excluding steroid dienone is 2. The third kappa shape index (κ3) is 5.06. The van der Waals surface area contributed by atoms with Crippen molar-refractivity contribution in [1.29, 1.82) is 5.41 Å². The smallest absolute Gasteiger partial charge is 0.319 e. The molecule has 0 heterocycles. The molecule has 1 atom stereocenters. The highest BCUT2D eigenvalue weighted by Crippen LogP contribution is 2.37. The van der Waals surface area contributed by atoms with Crippen LogP contribution in [0.4, 0.5) is 10.5 Å². The zero-order valence-corrected chi connectivity index (χ0v) is 15.1. The lowest BCUT2D eigenvalue weighted by molar-refractivity contribution is 0.229. The van der Waals surface area contributed by atoms with Gasteiger partial charge in [-0.25, -0.2) is 4.79 Å². The predicted molar refractivity (Wildman–Crippen MR) is 101 cm³/mol. The fourth-order valence-electron chi connectivity index (χ4n) is 2.98. The molecule has 1 unspecified atom stereocenters. The Morgan fingerprint density at radius 2 is 2.16 bits per heavy atom. The number of carbonyl (C=O) groups excluding carboxylic acids is 1. The van der Waals surface area contributed by atoms with E-state index in [1.165, 1.54) is 0 Å². The van der Waals surface area contributed by atoms with Crippen LogP contribution in [0.1, 0.15) is 45.6 Å². The van der Waals surface area contributed by atoms with Crippen LogP contribution in [0.15, 0.2) is 35.5 Å². The molecule has 6 heteroatoms. The van der Waals surface area contributed by atoms with Crippen molar-refractivity contribution in [2.45, 2.75) is 46.1 Å². The number of anilines is 1. The van der Waals surface area contributed by atoms with Crippen LogP contribution in [0.3, 0.4) is 0 Å². The van der Waals surface area contributed by atoms with Gasteiger partial charge in [0.15, 0.2) is 0 Å². The fourth-order valence-corrected chi connectivity index (χ4v) is 2.98. The maximum Gasteiger partial charge on any atom is 0.319 e. The Morgan fingerprint density at radius 1 is 1.44 bits per heavy atom. The molecular weight excluding hydrogens is 316 g/mol. The molecule has 1 aliphatic carbocycles. The third-order valence-electron chi connectivity index (χ3n) is 4.47. The van der Waals surface area contributed by atoms with Gasteiger partial charge in [-0.3, -0.25) is 5.41 Å². The Hall–Kier alpha value is -2.34. The van der Waals surface area contributed by atoms with E-state index in [0.29, 0.717) is 11.4 Å². The molecule has 0 bridgehead atoms. The molecule has 0 saturated heterocycles. The number of hydrogen-bond donors (Lipinski definition) is 5. The van der Waals surface area contributed by atoms with Crippen LogP contribution in [0, 0.1) is 10.8 Å². The van der Waals surface area contributed by atoms with Crippen molar-refractivity contribution in [3.05, 3.63) is 41.1 Å². The molecule has 25 heavy (non-hydrogen) atoms. The third-order valence-corrected chi connectivity index (χ3v) is 4.47. The average Bonchev–Trinajstić information content (AvgIpc) is 2.53. The zero-order chi connectivity index (χ0) is 18.6. The zero-order valence-electron chi connectivity index (χ0n) is 15.1. The molecule has 0 spiro atoms. The molecule has 2 amide bonds. The standard InChI is InChI=1S/C19H28N4O2/c1-12(11-24)22-18(25)23-14-6-4-5-13(9-14)17(21)15-7-8-19(2,3)10-16(15)20/h4-6,9,12,21,24H,7-8,10-11,20H2,1-3H3,(H2,22,23,25). The summed E-state index contributed by atoms with van der Waals surface area (Å²) in [5.74, 6) is 0. The number of aliphatic hydroxyl groups excluding tert-OH is 1. The van der Waals surface area contributed by atoms with Crippen LogP contribution in [0.5, 0.6) is 0 Å². The lowest BCUT2D eigenvalue weighted by Gasteiger charge is -2.31. The van der Waals surface area contributed by atoms with Crippen LogP contribution >= 0.6 is 0 Å². The number of carbonyl (C=O) groups is 1. The second-order valence-corrected chi connectivity index (χ2v) is 7.48. The molecule has 2 rings (SSSR count). The first-order chi connectivity index (χ1) is 11.7. The molecule has 6 N–H and O–H groups in total. The summed E-state index contributed by atoms with van der Waals surface area (Å²) >= 11 is 0. The predicted octanol–water partition coefficient (Wildman–Crippen LogP) is 2.98. The van der Waals surface area contributed by atoms with Crippen molar-refractivity contribution < 1.29 is 9.90 Å². The first kappa shape index (κ1) is 19.0. The topological polar surface area (TPSA) is 111 Å². The maximum absolute atomic E-state index is 11.9. The van der Waals surface area contributed by atoms with E-state index in [9.17, 15) is 4.79 Å². The summed E-state index contributed by atoms with van der Waals surface area (Å²) in [7, 11) is 0. The van der Waals surface area contributed by atoms with E-state index in [0.717, 1.165) is 36.1 Å². The summed E-state index contributed by atoms with van der Waals surface area (Å²) in [4.78, 5) is 11.9. The average molecular weight is 344 g/mol. The van der Waals surface area contributed by atoms with E-state index in [-0.39, 0.29) is 24.1 Å². The first-order valence-corrected chi connectivity index (χ1v) is 8.57. The van der Waals surface area contributed by atoms with Crippen LogP contribution in [0.2, 0.25) is 0 Å². The molecule has 1 aromatic rings. The number of nitrogens with one attached hydrogen (secondary N) is 3. The Bertz CT molecular complexity index is 694. The molecule has 1 aliphatic rings. The second-order valence-electron chi connectivity index (χ2n) is 7.48. The number of benzene rings is 1. The fraction of sp³-hybridized carbons (Fsp3) is 0.474. The van der Waals surface area contributed by atoms with Gasteiger partial charge in [-0.15, -0.1) is 0 Å². The largest absolute Gasteiger partial charge is 0.402 e. The van der Waals surface area contributed by atoms with Gasteiger partial charge < -0.3 is 21.5 Å². The van der Waals surface area contributed by atoms with Crippen molar-refractivity contribution in [3.63, 3.8) is 0 Å². The van der Waals surface area contributed by atoms with Crippen LogP contribution in [0.25, 0.3) is 0 Å². The van der Waals surface area contributed by atoms with Gasteiger partial charge in [-0.1, -0.05) is 26.0 Å². The van der Waals surface area contributed by atoms with Crippen molar-refractivity contribution >= 4 is 17.4 Å². The minimum atomic E-state index is -0.386.